The molecule has 1 nitrogen and oxygen atoms in total. The van der Waals surface area contributed by atoms with Gasteiger partial charge in [0.1, 0.15) is 0 Å². The topological polar surface area (TPSA) is 17.1 Å². The monoisotopic (exact) mass is 160 g/mol. The molecule has 1 aliphatic rings. The standard InChI is InChI=1S/C8H16OS/c1-7(2)8(3)4-5-10(9)6-8/h7H,4-6H2,1-3H3. The zero-order chi connectivity index (χ0) is 7.78. The second kappa shape index (κ2) is 2.65. The smallest absolute Gasteiger partial charge is 0.0291 e. The largest absolute Gasteiger partial charge is 0.260 e. The molecule has 0 bridgehead atoms. The predicted molar refractivity (Wildman–Crippen MR) is 45.4 cm³/mol. The van der Waals surface area contributed by atoms with Crippen molar-refractivity contribution in [3.05, 3.63) is 0 Å². The lowest BCUT2D eigenvalue weighted by Gasteiger charge is -2.26. The Morgan fingerprint density at radius 1 is 1.50 bits per heavy atom. The van der Waals surface area contributed by atoms with Gasteiger partial charge in [0.2, 0.25) is 0 Å². The molecule has 0 aliphatic carbocycles. The zero-order valence-corrected chi connectivity index (χ0v) is 7.83. The highest BCUT2D eigenvalue weighted by Crippen LogP contribution is 2.36. The molecule has 0 radical (unpaired) electrons. The first kappa shape index (κ1) is 8.25. The van der Waals surface area contributed by atoms with E-state index in [0.29, 0.717) is 11.3 Å². The molecule has 1 rings (SSSR count). The molecule has 1 aliphatic heterocycles. The average molecular weight is 160 g/mol. The van der Waals surface area contributed by atoms with Gasteiger partial charge in [-0.25, -0.2) is 0 Å². The van der Waals surface area contributed by atoms with Gasteiger partial charge in [0.05, 0.1) is 0 Å². The van der Waals surface area contributed by atoms with Crippen LogP contribution in [-0.4, -0.2) is 15.7 Å². The van der Waals surface area contributed by atoms with E-state index in [4.69, 9.17) is 0 Å². The molecular weight excluding hydrogens is 144 g/mol. The van der Waals surface area contributed by atoms with Gasteiger partial charge in [-0.05, 0) is 17.8 Å². The van der Waals surface area contributed by atoms with E-state index in [-0.39, 0.29) is 0 Å². The lowest BCUT2D eigenvalue weighted by atomic mass is 9.79. The quantitative estimate of drug-likeness (QED) is 0.571. The summed E-state index contributed by atoms with van der Waals surface area (Å²) in [5, 5.41) is 0. The Morgan fingerprint density at radius 2 is 2.10 bits per heavy atom. The van der Waals surface area contributed by atoms with Crippen molar-refractivity contribution in [1.29, 1.82) is 0 Å². The first-order valence-corrected chi connectivity index (χ1v) is 5.38. The predicted octanol–water partition coefficient (Wildman–Crippen LogP) is 1.80. The van der Waals surface area contributed by atoms with Gasteiger partial charge in [-0.2, -0.15) is 0 Å². The summed E-state index contributed by atoms with van der Waals surface area (Å²) in [5.74, 6) is 2.53. The van der Waals surface area contributed by atoms with Crippen LogP contribution in [0.3, 0.4) is 0 Å². The van der Waals surface area contributed by atoms with Crippen LogP contribution in [0.15, 0.2) is 0 Å². The molecule has 10 heavy (non-hydrogen) atoms. The molecule has 0 spiro atoms. The SMILES string of the molecule is CC(C)C1(C)CCS(=O)C1. The van der Waals surface area contributed by atoms with Crippen molar-refractivity contribution in [1.82, 2.24) is 0 Å². The highest BCUT2D eigenvalue weighted by molar-refractivity contribution is 7.85. The number of hydrogen-bond acceptors (Lipinski definition) is 1. The molecule has 2 unspecified atom stereocenters. The summed E-state index contributed by atoms with van der Waals surface area (Å²) in [6.07, 6.45) is 1.15. The van der Waals surface area contributed by atoms with E-state index in [1.54, 1.807) is 0 Å². The highest BCUT2D eigenvalue weighted by Gasteiger charge is 2.35. The molecule has 0 aromatic heterocycles. The summed E-state index contributed by atoms with van der Waals surface area (Å²) in [5.41, 5.74) is 0.366. The van der Waals surface area contributed by atoms with Crippen LogP contribution < -0.4 is 0 Å². The van der Waals surface area contributed by atoms with Gasteiger partial charge in [0.25, 0.3) is 0 Å². The molecule has 1 fully saturated rings. The summed E-state index contributed by atoms with van der Waals surface area (Å²) >= 11 is 0. The van der Waals surface area contributed by atoms with Crippen molar-refractivity contribution in [2.24, 2.45) is 11.3 Å². The van der Waals surface area contributed by atoms with Gasteiger partial charge in [0.15, 0.2) is 0 Å². The van der Waals surface area contributed by atoms with Crippen molar-refractivity contribution in [2.75, 3.05) is 11.5 Å². The molecule has 0 aromatic rings. The van der Waals surface area contributed by atoms with Gasteiger partial charge in [-0.1, -0.05) is 20.8 Å². The fraction of sp³-hybridized carbons (Fsp3) is 1.00. The van der Waals surface area contributed by atoms with Crippen LogP contribution >= 0.6 is 0 Å². The van der Waals surface area contributed by atoms with E-state index in [2.05, 4.69) is 20.8 Å². The Bertz CT molecular complexity index is 153. The third kappa shape index (κ3) is 1.42. The molecule has 2 atom stereocenters. The van der Waals surface area contributed by atoms with Crippen molar-refractivity contribution < 1.29 is 4.21 Å². The van der Waals surface area contributed by atoms with E-state index in [1.165, 1.54) is 0 Å². The maximum atomic E-state index is 11.1. The summed E-state index contributed by atoms with van der Waals surface area (Å²) in [6, 6.07) is 0. The molecular formula is C8H16OS. The number of rotatable bonds is 1. The van der Waals surface area contributed by atoms with Gasteiger partial charge in [0, 0.05) is 22.3 Å². The molecule has 1 saturated heterocycles. The minimum Gasteiger partial charge on any atom is -0.260 e. The fourth-order valence-corrected chi connectivity index (χ4v) is 3.37. The second-order valence-electron chi connectivity index (χ2n) is 3.85. The van der Waals surface area contributed by atoms with Crippen molar-refractivity contribution in [3.63, 3.8) is 0 Å². The summed E-state index contributed by atoms with van der Waals surface area (Å²) in [7, 11) is -0.513. The minimum atomic E-state index is -0.513. The maximum Gasteiger partial charge on any atom is 0.0291 e. The lowest BCUT2D eigenvalue weighted by Crippen LogP contribution is -2.23. The van der Waals surface area contributed by atoms with Gasteiger partial charge >= 0.3 is 0 Å². The lowest BCUT2D eigenvalue weighted by molar-refractivity contribution is 0.260. The van der Waals surface area contributed by atoms with Crippen LogP contribution in [0.25, 0.3) is 0 Å². The summed E-state index contributed by atoms with van der Waals surface area (Å²) < 4.78 is 11.1. The summed E-state index contributed by atoms with van der Waals surface area (Å²) in [6.45, 7) is 6.70. The third-order valence-electron chi connectivity index (χ3n) is 2.79. The van der Waals surface area contributed by atoms with E-state index < -0.39 is 10.8 Å². The molecule has 0 saturated carbocycles. The second-order valence-corrected chi connectivity index (χ2v) is 5.42. The average Bonchev–Trinajstić information content (AvgIpc) is 2.13. The Hall–Kier alpha value is 0.150. The molecule has 0 aromatic carbocycles. The molecule has 0 N–H and O–H groups in total. The van der Waals surface area contributed by atoms with Crippen LogP contribution in [0.4, 0.5) is 0 Å². The Labute approximate surface area is 65.7 Å². The van der Waals surface area contributed by atoms with E-state index in [0.717, 1.165) is 17.9 Å². The van der Waals surface area contributed by atoms with Crippen molar-refractivity contribution >= 4 is 10.8 Å². The molecule has 2 heteroatoms. The first-order chi connectivity index (χ1) is 4.54. The van der Waals surface area contributed by atoms with Gasteiger partial charge < -0.3 is 0 Å². The van der Waals surface area contributed by atoms with Gasteiger partial charge in [-0.3, -0.25) is 4.21 Å². The van der Waals surface area contributed by atoms with Crippen LogP contribution in [-0.2, 0) is 10.8 Å². The van der Waals surface area contributed by atoms with Crippen molar-refractivity contribution in [2.45, 2.75) is 27.2 Å². The minimum absolute atomic E-state index is 0.366. The Kier molecular flexibility index (Phi) is 2.18. The fourth-order valence-electron chi connectivity index (χ4n) is 1.31. The van der Waals surface area contributed by atoms with Crippen LogP contribution in [0.5, 0.6) is 0 Å². The summed E-state index contributed by atoms with van der Waals surface area (Å²) in [4.78, 5) is 0. The zero-order valence-electron chi connectivity index (χ0n) is 7.02. The van der Waals surface area contributed by atoms with Crippen molar-refractivity contribution in [3.8, 4) is 0 Å². The Balaban J connectivity index is 2.63. The van der Waals surface area contributed by atoms with E-state index in [1.807, 2.05) is 0 Å². The normalized spacial score (nSPS) is 41.0. The third-order valence-corrected chi connectivity index (χ3v) is 4.43. The maximum absolute atomic E-state index is 11.1. The molecule has 0 amide bonds. The van der Waals surface area contributed by atoms with E-state index >= 15 is 0 Å². The van der Waals surface area contributed by atoms with Crippen LogP contribution in [0.2, 0.25) is 0 Å². The highest BCUT2D eigenvalue weighted by atomic mass is 32.2. The molecule has 1 heterocycles. The van der Waals surface area contributed by atoms with Crippen LogP contribution in [0, 0.1) is 11.3 Å². The van der Waals surface area contributed by atoms with E-state index in [9.17, 15) is 4.21 Å². The first-order valence-electron chi connectivity index (χ1n) is 3.89. The van der Waals surface area contributed by atoms with Crippen LogP contribution in [0.1, 0.15) is 27.2 Å². The molecule has 60 valence electrons. The number of hydrogen-bond donors (Lipinski definition) is 0. The Morgan fingerprint density at radius 3 is 2.30 bits per heavy atom. The van der Waals surface area contributed by atoms with Gasteiger partial charge in [-0.15, -0.1) is 0 Å².